The van der Waals surface area contributed by atoms with Gasteiger partial charge in [0, 0.05) is 16.8 Å². The third-order valence-electron chi connectivity index (χ3n) is 3.98. The fraction of sp³-hybridized carbons (Fsp3) is 0.444. The largest absolute Gasteiger partial charge is 0.399 e. The predicted molar refractivity (Wildman–Crippen MR) is 89.9 cm³/mol. The molecule has 0 heterocycles. The van der Waals surface area contributed by atoms with Gasteiger partial charge < -0.3 is 11.5 Å². The molecule has 0 saturated carbocycles. The summed E-state index contributed by atoms with van der Waals surface area (Å²) >= 11 is 0. The molecule has 2 aromatic carbocycles. The molecule has 0 spiro atoms. The zero-order chi connectivity index (χ0) is 14.4. The van der Waals surface area contributed by atoms with Crippen molar-refractivity contribution in [3.8, 4) is 0 Å². The van der Waals surface area contributed by atoms with Crippen molar-refractivity contribution in [2.24, 2.45) is 0 Å². The molecule has 20 heavy (non-hydrogen) atoms. The minimum atomic E-state index is 0.792. The lowest BCUT2D eigenvalue weighted by molar-refractivity contribution is 0.608. The van der Waals surface area contributed by atoms with E-state index < -0.39 is 0 Å². The van der Waals surface area contributed by atoms with Crippen molar-refractivity contribution >= 4 is 22.1 Å². The second kappa shape index (κ2) is 7.18. The number of hydrogen-bond donors (Lipinski definition) is 2. The maximum atomic E-state index is 6.29. The van der Waals surface area contributed by atoms with Crippen molar-refractivity contribution < 1.29 is 0 Å². The van der Waals surface area contributed by atoms with E-state index in [1.807, 2.05) is 18.2 Å². The zero-order valence-electron chi connectivity index (χ0n) is 12.5. The van der Waals surface area contributed by atoms with E-state index >= 15 is 0 Å². The Morgan fingerprint density at radius 2 is 1.60 bits per heavy atom. The second-order valence-corrected chi connectivity index (χ2v) is 5.64. The van der Waals surface area contributed by atoms with Crippen molar-refractivity contribution in [1.29, 1.82) is 0 Å². The number of anilines is 2. The number of nitrogen functional groups attached to an aromatic ring is 2. The molecule has 0 bridgehead atoms. The van der Waals surface area contributed by atoms with Crippen LogP contribution in [0, 0.1) is 0 Å². The lowest BCUT2D eigenvalue weighted by Crippen LogP contribution is -1.97. The van der Waals surface area contributed by atoms with E-state index in [0.717, 1.165) is 28.6 Å². The van der Waals surface area contributed by atoms with E-state index in [9.17, 15) is 0 Å². The van der Waals surface area contributed by atoms with E-state index in [1.165, 1.54) is 44.1 Å². The van der Waals surface area contributed by atoms with Gasteiger partial charge in [-0.25, -0.2) is 0 Å². The van der Waals surface area contributed by atoms with Crippen molar-refractivity contribution in [2.45, 2.75) is 51.9 Å². The highest BCUT2D eigenvalue weighted by Gasteiger charge is 2.04. The van der Waals surface area contributed by atoms with Crippen LogP contribution in [0.4, 0.5) is 11.4 Å². The molecule has 0 radical (unpaired) electrons. The number of unbranched alkanes of at least 4 members (excludes halogenated alkanes) is 5. The van der Waals surface area contributed by atoms with Crippen LogP contribution in [0.5, 0.6) is 0 Å². The van der Waals surface area contributed by atoms with Crippen LogP contribution >= 0.6 is 0 Å². The molecule has 2 heteroatoms. The third kappa shape index (κ3) is 3.66. The highest BCUT2D eigenvalue weighted by atomic mass is 14.6. The van der Waals surface area contributed by atoms with Crippen LogP contribution in [-0.2, 0) is 6.42 Å². The summed E-state index contributed by atoms with van der Waals surface area (Å²) in [6.07, 6.45) is 8.99. The Balaban J connectivity index is 1.97. The lowest BCUT2D eigenvalue weighted by Gasteiger charge is -2.10. The molecule has 0 amide bonds. The molecule has 2 aromatic rings. The Hall–Kier alpha value is -1.70. The molecular weight excluding hydrogens is 244 g/mol. The van der Waals surface area contributed by atoms with Gasteiger partial charge in [-0.2, -0.15) is 0 Å². The van der Waals surface area contributed by atoms with Crippen LogP contribution in [0.1, 0.15) is 51.0 Å². The third-order valence-corrected chi connectivity index (χ3v) is 3.98. The second-order valence-electron chi connectivity index (χ2n) is 5.64. The first-order valence-corrected chi connectivity index (χ1v) is 7.79. The minimum absolute atomic E-state index is 0.792. The van der Waals surface area contributed by atoms with Gasteiger partial charge in [-0.15, -0.1) is 0 Å². The van der Waals surface area contributed by atoms with E-state index in [0.29, 0.717) is 0 Å². The number of fused-ring (bicyclic) bond motifs is 1. The summed E-state index contributed by atoms with van der Waals surface area (Å²) in [7, 11) is 0. The number of hydrogen-bond acceptors (Lipinski definition) is 2. The molecule has 0 aromatic heterocycles. The van der Waals surface area contributed by atoms with Gasteiger partial charge in [-0.1, -0.05) is 57.2 Å². The quantitative estimate of drug-likeness (QED) is 0.555. The maximum Gasteiger partial charge on any atom is 0.0426 e. The van der Waals surface area contributed by atoms with Gasteiger partial charge in [0.2, 0.25) is 0 Å². The molecule has 0 atom stereocenters. The summed E-state index contributed by atoms with van der Waals surface area (Å²) in [6, 6.07) is 10.2. The van der Waals surface area contributed by atoms with Crippen molar-refractivity contribution in [2.75, 3.05) is 11.5 Å². The topological polar surface area (TPSA) is 52.0 Å². The van der Waals surface area contributed by atoms with Crippen molar-refractivity contribution in [1.82, 2.24) is 0 Å². The van der Waals surface area contributed by atoms with Crippen LogP contribution in [-0.4, -0.2) is 0 Å². The molecule has 108 valence electrons. The molecule has 0 aliphatic rings. The van der Waals surface area contributed by atoms with E-state index in [4.69, 9.17) is 11.5 Å². The van der Waals surface area contributed by atoms with Gasteiger partial charge in [0.1, 0.15) is 0 Å². The summed E-state index contributed by atoms with van der Waals surface area (Å²) < 4.78 is 0. The zero-order valence-corrected chi connectivity index (χ0v) is 12.5. The fourth-order valence-corrected chi connectivity index (χ4v) is 2.73. The van der Waals surface area contributed by atoms with E-state index in [2.05, 4.69) is 19.1 Å². The SMILES string of the molecule is CCCCCCCCc1ccc2cc(N)ccc2c1N. The normalized spacial score (nSPS) is 11.1. The van der Waals surface area contributed by atoms with Gasteiger partial charge in [0.05, 0.1) is 0 Å². The Morgan fingerprint density at radius 3 is 2.40 bits per heavy atom. The van der Waals surface area contributed by atoms with Crippen LogP contribution in [0.25, 0.3) is 10.8 Å². The average molecular weight is 270 g/mol. The molecular formula is C18H26N2. The fourth-order valence-electron chi connectivity index (χ4n) is 2.73. The number of nitrogens with two attached hydrogens (primary N) is 2. The summed E-state index contributed by atoms with van der Waals surface area (Å²) in [4.78, 5) is 0. The first-order valence-electron chi connectivity index (χ1n) is 7.79. The van der Waals surface area contributed by atoms with Gasteiger partial charge in [0.25, 0.3) is 0 Å². The van der Waals surface area contributed by atoms with Gasteiger partial charge >= 0.3 is 0 Å². The standard InChI is InChI=1S/C18H26N2/c1-2-3-4-5-6-7-8-14-9-10-15-13-16(19)11-12-17(15)18(14)20/h9-13H,2-8,19-20H2,1H3. The van der Waals surface area contributed by atoms with Crippen LogP contribution in [0.3, 0.4) is 0 Å². The van der Waals surface area contributed by atoms with E-state index in [-0.39, 0.29) is 0 Å². The number of rotatable bonds is 7. The molecule has 0 fully saturated rings. The molecule has 0 saturated heterocycles. The highest BCUT2D eigenvalue weighted by molar-refractivity contribution is 5.96. The first kappa shape index (κ1) is 14.7. The molecule has 4 N–H and O–H groups in total. The van der Waals surface area contributed by atoms with Crippen molar-refractivity contribution in [3.05, 3.63) is 35.9 Å². The number of aryl methyl sites for hydroxylation is 1. The smallest absolute Gasteiger partial charge is 0.0426 e. The van der Waals surface area contributed by atoms with Gasteiger partial charge in [-0.3, -0.25) is 0 Å². The summed E-state index contributed by atoms with van der Waals surface area (Å²) in [5.74, 6) is 0. The Bertz CT molecular complexity index is 561. The summed E-state index contributed by atoms with van der Waals surface area (Å²) in [5, 5.41) is 2.26. The Morgan fingerprint density at radius 1 is 0.850 bits per heavy atom. The van der Waals surface area contributed by atoms with Gasteiger partial charge in [-0.05, 0) is 35.9 Å². The monoisotopic (exact) mass is 270 g/mol. The maximum absolute atomic E-state index is 6.29. The molecule has 0 aliphatic carbocycles. The highest BCUT2D eigenvalue weighted by Crippen LogP contribution is 2.27. The predicted octanol–water partition coefficient (Wildman–Crippen LogP) is 4.91. The Labute approximate surface area is 122 Å². The Kier molecular flexibility index (Phi) is 5.28. The van der Waals surface area contributed by atoms with Crippen LogP contribution in [0.15, 0.2) is 30.3 Å². The van der Waals surface area contributed by atoms with E-state index in [1.54, 1.807) is 0 Å². The average Bonchev–Trinajstić information content (AvgIpc) is 2.44. The summed E-state index contributed by atoms with van der Waals surface area (Å²) in [5.41, 5.74) is 15.1. The summed E-state index contributed by atoms with van der Waals surface area (Å²) in [6.45, 7) is 2.25. The minimum Gasteiger partial charge on any atom is -0.399 e. The van der Waals surface area contributed by atoms with Crippen LogP contribution in [0.2, 0.25) is 0 Å². The number of benzene rings is 2. The van der Waals surface area contributed by atoms with Gasteiger partial charge in [0.15, 0.2) is 0 Å². The molecule has 0 aliphatic heterocycles. The van der Waals surface area contributed by atoms with Crippen molar-refractivity contribution in [3.63, 3.8) is 0 Å². The molecule has 2 rings (SSSR count). The van der Waals surface area contributed by atoms with Crippen LogP contribution < -0.4 is 11.5 Å². The lowest BCUT2D eigenvalue weighted by atomic mass is 9.99. The first-order chi connectivity index (χ1) is 9.72. The molecule has 2 nitrogen and oxygen atoms in total. The molecule has 0 unspecified atom stereocenters.